The quantitative estimate of drug-likeness (QED) is 0.274. The molecule has 0 amide bonds. The van der Waals surface area contributed by atoms with Gasteiger partial charge in [0.05, 0.1) is 6.61 Å². The third kappa shape index (κ3) is 24.6. The first-order valence-electron chi connectivity index (χ1n) is 3.72. The van der Waals surface area contributed by atoms with Crippen LogP contribution in [0.1, 0.15) is 26.2 Å². The number of hydrogen-bond donors (Lipinski definition) is 3. The molecule has 0 aromatic carbocycles. The molecule has 13 heavy (non-hydrogen) atoms. The van der Waals surface area contributed by atoms with Crippen LogP contribution < -0.4 is 0 Å². The molecule has 0 aliphatic carbocycles. The average molecular weight is 211 g/mol. The Kier molecular flexibility index (Phi) is 11.0. The highest BCUT2D eigenvalue weighted by Gasteiger charge is 2.11. The van der Waals surface area contributed by atoms with E-state index >= 15 is 0 Å². The Hall–Kier alpha value is -0.510. The Labute approximate surface area is 76.7 Å². The zero-order valence-electron chi connectivity index (χ0n) is 7.39. The molecule has 0 aromatic rings. The van der Waals surface area contributed by atoms with Crippen molar-refractivity contribution in [3.8, 4) is 0 Å². The molecule has 0 aliphatic heterocycles. The molecule has 0 fully saturated rings. The minimum Gasteiger partial charge on any atom is -0.303 e. The van der Waals surface area contributed by atoms with E-state index in [4.69, 9.17) is 20.0 Å². The van der Waals surface area contributed by atoms with Crippen LogP contribution in [0.2, 0.25) is 0 Å². The number of isocyanates is 1. The summed E-state index contributed by atoms with van der Waals surface area (Å²) in [6.07, 6.45) is 3.42. The van der Waals surface area contributed by atoms with Gasteiger partial charge in [0, 0.05) is 0 Å². The van der Waals surface area contributed by atoms with Gasteiger partial charge >= 0.3 is 7.82 Å². The molecule has 0 spiro atoms. The molecule has 0 atom stereocenters. The fraction of sp³-hybridized carbons (Fsp3) is 0.833. The molecular weight excluding hydrogens is 197 g/mol. The van der Waals surface area contributed by atoms with Crippen molar-refractivity contribution >= 4 is 13.9 Å². The molecule has 6 nitrogen and oxygen atoms in total. The van der Waals surface area contributed by atoms with Crippen LogP contribution in [0.15, 0.2) is 0 Å². The summed E-state index contributed by atoms with van der Waals surface area (Å²) in [6.45, 7) is 2.16. The van der Waals surface area contributed by atoms with Gasteiger partial charge in [0.15, 0.2) is 0 Å². The average Bonchev–Trinajstić information content (AvgIpc) is 1.98. The van der Waals surface area contributed by atoms with Crippen molar-refractivity contribution in [3.63, 3.8) is 0 Å². The highest BCUT2D eigenvalue weighted by atomic mass is 31.2. The Morgan fingerprint density at radius 2 is 1.92 bits per heavy atom. The van der Waals surface area contributed by atoms with Crippen molar-refractivity contribution in [1.29, 1.82) is 5.41 Å². The van der Waals surface area contributed by atoms with Gasteiger partial charge in [0.25, 0.3) is 0 Å². The minimum absolute atomic E-state index is 0.151. The normalized spacial score (nSPS) is 9.77. The van der Waals surface area contributed by atoms with E-state index in [0.29, 0.717) is 6.42 Å². The number of nitrogens with one attached hydrogen (secondary N) is 1. The van der Waals surface area contributed by atoms with Gasteiger partial charge in [0.1, 0.15) is 0 Å². The molecule has 3 N–H and O–H groups in total. The SMILES string of the molecule is CCCCCOP(=O)(O)O.N=C=O. The lowest BCUT2D eigenvalue weighted by molar-refractivity contribution is 0.193. The summed E-state index contributed by atoms with van der Waals surface area (Å²) in [5, 5.41) is 5.40. The fourth-order valence-corrected chi connectivity index (χ4v) is 0.902. The Morgan fingerprint density at radius 3 is 2.23 bits per heavy atom. The second-order valence-electron chi connectivity index (χ2n) is 2.13. The standard InChI is InChI=1S/C5H13O4P.CHNO/c1-2-3-4-5-9-10(6,7)8;2-1-3/h2-5H2,1H3,(H2,6,7,8);2H. The lowest BCUT2D eigenvalue weighted by Gasteiger charge is -2.02. The molecule has 0 unspecified atom stereocenters. The smallest absolute Gasteiger partial charge is 0.303 e. The van der Waals surface area contributed by atoms with Gasteiger partial charge in [-0.15, -0.1) is 0 Å². The summed E-state index contributed by atoms with van der Waals surface area (Å²) < 4.78 is 14.3. The highest BCUT2D eigenvalue weighted by molar-refractivity contribution is 7.46. The number of carbonyl (C=O) groups excluding carboxylic acids is 1. The number of hydrogen-bond acceptors (Lipinski definition) is 4. The van der Waals surface area contributed by atoms with E-state index < -0.39 is 7.82 Å². The van der Waals surface area contributed by atoms with E-state index in [9.17, 15) is 4.57 Å². The van der Waals surface area contributed by atoms with E-state index in [1.54, 1.807) is 0 Å². The molecule has 0 saturated carbocycles. The van der Waals surface area contributed by atoms with Gasteiger partial charge in [-0.25, -0.2) is 14.8 Å². The number of rotatable bonds is 5. The monoisotopic (exact) mass is 211 g/mol. The summed E-state index contributed by atoms with van der Waals surface area (Å²) in [7, 11) is -4.21. The molecular formula is C6H14NO5P. The van der Waals surface area contributed by atoms with Crippen molar-refractivity contribution in [1.82, 2.24) is 0 Å². The molecule has 0 aliphatic rings. The van der Waals surface area contributed by atoms with E-state index in [1.165, 1.54) is 0 Å². The third-order valence-electron chi connectivity index (χ3n) is 1.01. The molecule has 0 saturated heterocycles. The van der Waals surface area contributed by atoms with Gasteiger partial charge in [-0.1, -0.05) is 19.8 Å². The van der Waals surface area contributed by atoms with Gasteiger partial charge in [0.2, 0.25) is 6.08 Å². The Bertz CT molecular complexity index is 183. The lowest BCUT2D eigenvalue weighted by Crippen LogP contribution is -1.91. The molecule has 0 aromatic heterocycles. The number of phosphoric ester groups is 1. The Balaban J connectivity index is 0. The van der Waals surface area contributed by atoms with E-state index in [0.717, 1.165) is 18.9 Å². The van der Waals surface area contributed by atoms with Crippen molar-refractivity contribution < 1.29 is 23.7 Å². The first kappa shape index (κ1) is 15.0. The van der Waals surface area contributed by atoms with E-state index in [1.807, 2.05) is 6.92 Å². The summed E-state index contributed by atoms with van der Waals surface area (Å²) in [4.78, 5) is 24.8. The molecule has 0 bridgehead atoms. The summed E-state index contributed by atoms with van der Waals surface area (Å²) in [6, 6.07) is 0. The first-order chi connectivity index (χ1) is 5.97. The fourth-order valence-electron chi connectivity index (χ4n) is 0.536. The number of phosphoric acid groups is 1. The largest absolute Gasteiger partial charge is 0.469 e. The maximum absolute atomic E-state index is 10.1. The lowest BCUT2D eigenvalue weighted by atomic mass is 10.3. The molecule has 7 heteroatoms. The first-order valence-corrected chi connectivity index (χ1v) is 5.25. The van der Waals surface area contributed by atoms with Gasteiger partial charge in [-0.3, -0.25) is 4.52 Å². The van der Waals surface area contributed by atoms with Crippen LogP contribution in [0.3, 0.4) is 0 Å². The third-order valence-corrected chi connectivity index (χ3v) is 1.53. The predicted molar refractivity (Wildman–Crippen MR) is 45.9 cm³/mol. The van der Waals surface area contributed by atoms with Crippen LogP contribution in [0, 0.1) is 5.41 Å². The van der Waals surface area contributed by atoms with Gasteiger partial charge in [-0.05, 0) is 6.42 Å². The zero-order chi connectivity index (χ0) is 10.7. The van der Waals surface area contributed by atoms with Gasteiger partial charge in [-0.2, -0.15) is 0 Å². The van der Waals surface area contributed by atoms with Crippen LogP contribution in [0.4, 0.5) is 0 Å². The van der Waals surface area contributed by atoms with Crippen LogP contribution in [-0.4, -0.2) is 22.5 Å². The topological polar surface area (TPSA) is 108 Å². The molecule has 78 valence electrons. The van der Waals surface area contributed by atoms with Crippen molar-refractivity contribution in [2.45, 2.75) is 26.2 Å². The second-order valence-corrected chi connectivity index (χ2v) is 3.37. The van der Waals surface area contributed by atoms with Crippen molar-refractivity contribution in [2.24, 2.45) is 0 Å². The number of unbranched alkanes of at least 4 members (excludes halogenated alkanes) is 2. The highest BCUT2D eigenvalue weighted by Crippen LogP contribution is 2.35. The molecule has 0 heterocycles. The maximum atomic E-state index is 10.1. The van der Waals surface area contributed by atoms with Gasteiger partial charge < -0.3 is 9.79 Å². The van der Waals surface area contributed by atoms with Crippen LogP contribution in [-0.2, 0) is 13.9 Å². The maximum Gasteiger partial charge on any atom is 0.469 e. The van der Waals surface area contributed by atoms with Crippen molar-refractivity contribution in [3.05, 3.63) is 0 Å². The summed E-state index contributed by atoms with van der Waals surface area (Å²) in [5.74, 6) is 0. The predicted octanol–water partition coefficient (Wildman–Crippen LogP) is 1.19. The Morgan fingerprint density at radius 1 is 1.46 bits per heavy atom. The molecule has 0 radical (unpaired) electrons. The second kappa shape index (κ2) is 9.58. The summed E-state index contributed by atoms with van der Waals surface area (Å²) in [5.41, 5.74) is 0. The van der Waals surface area contributed by atoms with E-state index in [2.05, 4.69) is 4.52 Å². The van der Waals surface area contributed by atoms with Crippen LogP contribution in [0.5, 0.6) is 0 Å². The van der Waals surface area contributed by atoms with Crippen LogP contribution in [0.25, 0.3) is 0 Å². The van der Waals surface area contributed by atoms with Crippen LogP contribution >= 0.6 is 7.82 Å². The summed E-state index contributed by atoms with van der Waals surface area (Å²) >= 11 is 0. The van der Waals surface area contributed by atoms with E-state index in [-0.39, 0.29) is 6.61 Å². The zero-order valence-corrected chi connectivity index (χ0v) is 8.29. The minimum atomic E-state index is -4.21. The van der Waals surface area contributed by atoms with Crippen molar-refractivity contribution in [2.75, 3.05) is 6.61 Å². The molecule has 0 rings (SSSR count).